The number of hydrogen-bond donors (Lipinski definition) is 2. The van der Waals surface area contributed by atoms with Crippen molar-refractivity contribution < 1.29 is 27.6 Å². The fraction of sp³-hybridized carbons (Fsp3) is 0.182. The number of unbranched alkanes of at least 4 members (excludes halogenated alkanes) is 2. The van der Waals surface area contributed by atoms with Crippen molar-refractivity contribution in [3.05, 3.63) is 169 Å². The molecule has 0 aromatic heterocycles. The van der Waals surface area contributed by atoms with Crippen LogP contribution in [0.15, 0.2) is 171 Å². The lowest BCUT2D eigenvalue weighted by atomic mass is 10.1. The van der Waals surface area contributed by atoms with Gasteiger partial charge in [-0.2, -0.15) is 0 Å². The van der Waals surface area contributed by atoms with Crippen molar-refractivity contribution >= 4 is 23.8 Å². The van der Waals surface area contributed by atoms with Gasteiger partial charge >= 0.3 is 15.3 Å². The lowest BCUT2D eigenvalue weighted by molar-refractivity contribution is 0.390. The molecule has 6 aromatic rings. The monoisotopic (exact) mass is 833 g/mol. The Morgan fingerprint density at radius 2 is 0.879 bits per heavy atom. The van der Waals surface area contributed by atoms with Crippen molar-refractivity contribution in [2.45, 2.75) is 38.5 Å². The van der Waals surface area contributed by atoms with E-state index in [1.165, 1.54) is 0 Å². The topological polar surface area (TPSA) is 145 Å². The van der Waals surface area contributed by atoms with Crippen LogP contribution in [0, 0.1) is 0 Å². The molecule has 1 heterocycles. The van der Waals surface area contributed by atoms with Crippen LogP contribution in [0.5, 0.6) is 46.0 Å². The zero-order valence-electron chi connectivity index (χ0n) is 32.0. The van der Waals surface area contributed by atoms with Gasteiger partial charge in [0.2, 0.25) is 5.75 Å². The molecule has 1 unspecified atom stereocenters. The molecular formula is C44H46N5O6P3. The largest absolute Gasteiger partial charge is 0.460 e. The van der Waals surface area contributed by atoms with Gasteiger partial charge in [0, 0.05) is 0 Å². The maximum atomic E-state index is 7.03. The Balaban J connectivity index is 1.37. The van der Waals surface area contributed by atoms with Crippen LogP contribution in [0.25, 0.3) is 0 Å². The summed E-state index contributed by atoms with van der Waals surface area (Å²) in [6.07, 6.45) is 5.21. The second-order valence-corrected chi connectivity index (χ2v) is 18.2. The molecule has 0 fully saturated rings. The molecule has 0 radical (unpaired) electrons. The van der Waals surface area contributed by atoms with Crippen molar-refractivity contribution in [3.8, 4) is 46.0 Å². The molecule has 14 heteroatoms. The van der Waals surface area contributed by atoms with Gasteiger partial charge in [-0.3, -0.25) is 0 Å². The highest BCUT2D eigenvalue weighted by molar-refractivity contribution is 7.73. The molecule has 7 rings (SSSR count). The minimum atomic E-state index is -3.74. The summed E-state index contributed by atoms with van der Waals surface area (Å²) in [5, 5.41) is 0. The summed E-state index contributed by atoms with van der Waals surface area (Å²) < 4.78 is 55.5. The standard InChI is InChI=1S/C44H46N5O6P3/c45-33-16-14-21-35-19-10-12-29-40(35)50-42-31-18-32-43(44(42)51-41-30-13-11-20-36(41)22-15-17-34-46)55-58(54-39-27-8-3-9-28-39)48-56-47-57(49-58,52-37-23-4-1-5-24-37)53-38-25-6-2-7-26-38/h1-13,18-20,23-32H,14-17,21-22,33-34,45-46H2. The number of rotatable bonds is 20. The van der Waals surface area contributed by atoms with E-state index < -0.39 is 15.3 Å². The summed E-state index contributed by atoms with van der Waals surface area (Å²) in [6.45, 7) is 1.24. The molecule has 58 heavy (non-hydrogen) atoms. The molecule has 0 saturated carbocycles. The van der Waals surface area contributed by atoms with Crippen LogP contribution in [-0.4, -0.2) is 13.1 Å². The van der Waals surface area contributed by atoms with E-state index in [1.807, 2.05) is 140 Å². The second kappa shape index (κ2) is 20.3. The third-order valence-electron chi connectivity index (χ3n) is 8.77. The summed E-state index contributed by atoms with van der Waals surface area (Å²) in [5.74, 6) is 3.92. The Kier molecular flexibility index (Phi) is 14.3. The van der Waals surface area contributed by atoms with Crippen molar-refractivity contribution in [2.75, 3.05) is 13.1 Å². The van der Waals surface area contributed by atoms with Crippen LogP contribution in [0.2, 0.25) is 0 Å². The zero-order chi connectivity index (χ0) is 39.9. The molecule has 4 N–H and O–H groups in total. The molecular weight excluding hydrogens is 787 g/mol. The summed E-state index contributed by atoms with van der Waals surface area (Å²) in [5.41, 5.74) is 13.8. The molecule has 0 spiro atoms. The van der Waals surface area contributed by atoms with E-state index in [9.17, 15) is 0 Å². The van der Waals surface area contributed by atoms with Gasteiger partial charge in [0.15, 0.2) is 20.0 Å². The Morgan fingerprint density at radius 3 is 1.41 bits per heavy atom. The summed E-state index contributed by atoms with van der Waals surface area (Å²) in [4.78, 5) is 0. The van der Waals surface area contributed by atoms with Crippen LogP contribution in [-0.2, 0) is 12.8 Å². The van der Waals surface area contributed by atoms with E-state index in [1.54, 1.807) is 6.07 Å². The van der Waals surface area contributed by atoms with E-state index in [4.69, 9.17) is 52.6 Å². The lowest BCUT2D eigenvalue weighted by Gasteiger charge is -2.28. The maximum Gasteiger partial charge on any atom is 0.460 e. The minimum Gasteiger partial charge on any atom is -0.453 e. The Bertz CT molecular complexity index is 2340. The normalized spacial score (nSPS) is 15.6. The van der Waals surface area contributed by atoms with Crippen LogP contribution in [0.3, 0.4) is 0 Å². The molecule has 6 aromatic carbocycles. The number of hydrogen-bond acceptors (Lipinski definition) is 11. The van der Waals surface area contributed by atoms with Crippen molar-refractivity contribution in [1.82, 2.24) is 0 Å². The van der Waals surface area contributed by atoms with E-state index in [-0.39, 0.29) is 8.52 Å². The number of nitrogens with zero attached hydrogens (tertiary/aromatic N) is 3. The van der Waals surface area contributed by atoms with Gasteiger partial charge < -0.3 is 39.0 Å². The van der Waals surface area contributed by atoms with Crippen LogP contribution in [0.1, 0.15) is 36.8 Å². The fourth-order valence-electron chi connectivity index (χ4n) is 5.98. The summed E-state index contributed by atoms with van der Waals surface area (Å²) in [7, 11) is -7.06. The highest BCUT2D eigenvalue weighted by Crippen LogP contribution is 2.71. The van der Waals surface area contributed by atoms with Gasteiger partial charge in [-0.1, -0.05) is 102 Å². The average Bonchev–Trinajstić information content (AvgIpc) is 3.24. The first kappa shape index (κ1) is 40.8. The van der Waals surface area contributed by atoms with Crippen LogP contribution >= 0.6 is 23.8 Å². The Labute approximate surface area is 341 Å². The molecule has 11 nitrogen and oxygen atoms in total. The zero-order valence-corrected chi connectivity index (χ0v) is 34.6. The Hall–Kier alpha value is -5.40. The molecule has 1 aliphatic rings. The molecule has 1 aliphatic heterocycles. The van der Waals surface area contributed by atoms with Crippen LogP contribution in [0.4, 0.5) is 0 Å². The molecule has 0 amide bonds. The number of aryl methyl sites for hydroxylation is 2. The SMILES string of the molecule is NCCCCc1ccccc1Oc1cccc(OP2(Oc3ccccc3)=NP=NP(Oc3ccccc3)(Oc3ccccc3)=N2)c1Oc1ccccc1CCCCN. The number of para-hydroxylation sites is 6. The average molecular weight is 834 g/mol. The van der Waals surface area contributed by atoms with Gasteiger partial charge in [0.25, 0.3) is 0 Å². The predicted molar refractivity (Wildman–Crippen MR) is 233 cm³/mol. The van der Waals surface area contributed by atoms with Gasteiger partial charge in [-0.25, -0.2) is 0 Å². The summed E-state index contributed by atoms with van der Waals surface area (Å²) >= 11 is 0. The number of benzene rings is 6. The smallest absolute Gasteiger partial charge is 0.453 e. The second-order valence-electron chi connectivity index (χ2n) is 13.1. The highest BCUT2D eigenvalue weighted by atomic mass is 31.3. The third kappa shape index (κ3) is 11.0. The Morgan fingerprint density at radius 1 is 0.431 bits per heavy atom. The molecule has 0 aliphatic carbocycles. The molecule has 298 valence electrons. The number of ether oxygens (including phenoxy) is 2. The predicted octanol–water partition coefficient (Wildman–Crippen LogP) is 13.4. The first-order chi connectivity index (χ1) is 28.6. The van der Waals surface area contributed by atoms with Gasteiger partial charge in [-0.15, -0.1) is 9.03 Å². The first-order valence-electron chi connectivity index (χ1n) is 19.2. The van der Waals surface area contributed by atoms with Gasteiger partial charge in [0.1, 0.15) is 28.7 Å². The lowest BCUT2D eigenvalue weighted by Crippen LogP contribution is -2.06. The van der Waals surface area contributed by atoms with Crippen LogP contribution < -0.4 is 39.0 Å². The quantitative estimate of drug-likeness (QED) is 0.0571. The maximum absolute atomic E-state index is 7.03. The summed E-state index contributed by atoms with van der Waals surface area (Å²) in [6, 6.07) is 49.3. The van der Waals surface area contributed by atoms with Crippen molar-refractivity contribution in [3.63, 3.8) is 0 Å². The van der Waals surface area contributed by atoms with E-state index in [0.29, 0.717) is 59.1 Å². The molecule has 1 atom stereocenters. The molecule has 0 bridgehead atoms. The van der Waals surface area contributed by atoms with E-state index in [2.05, 4.69) is 12.1 Å². The van der Waals surface area contributed by atoms with Crippen molar-refractivity contribution in [1.29, 1.82) is 0 Å². The number of nitrogens with two attached hydrogens (primary N) is 2. The minimum absolute atomic E-state index is 0.254. The van der Waals surface area contributed by atoms with Crippen molar-refractivity contribution in [2.24, 2.45) is 25.0 Å². The van der Waals surface area contributed by atoms with E-state index >= 15 is 0 Å². The van der Waals surface area contributed by atoms with Gasteiger partial charge in [0.05, 0.1) is 0 Å². The fourth-order valence-corrected chi connectivity index (χ4v) is 12.2. The van der Waals surface area contributed by atoms with Gasteiger partial charge in [-0.05, 0) is 123 Å². The third-order valence-corrected chi connectivity index (χ3v) is 14.8. The highest BCUT2D eigenvalue weighted by Gasteiger charge is 2.40. The molecule has 0 saturated heterocycles. The first-order valence-corrected chi connectivity index (χ1v) is 23.1. The van der Waals surface area contributed by atoms with E-state index in [0.717, 1.165) is 49.7 Å².